The lowest BCUT2D eigenvalue weighted by Gasteiger charge is -2.11. The van der Waals surface area contributed by atoms with Crippen molar-refractivity contribution in [2.24, 2.45) is 4.99 Å². The molecule has 0 saturated carbocycles. The molecule has 0 fully saturated rings. The summed E-state index contributed by atoms with van der Waals surface area (Å²) in [6.45, 7) is 1.64. The molecule has 8 nitrogen and oxygen atoms in total. The Balaban J connectivity index is 1.44. The van der Waals surface area contributed by atoms with E-state index in [4.69, 9.17) is 9.47 Å². The number of H-pyrrole nitrogens is 1. The Kier molecular flexibility index (Phi) is 6.84. The van der Waals surface area contributed by atoms with Gasteiger partial charge in [-0.25, -0.2) is 4.98 Å². The first-order valence-corrected chi connectivity index (χ1v) is 8.96. The van der Waals surface area contributed by atoms with Gasteiger partial charge in [0.15, 0.2) is 11.8 Å². The number of rotatable bonds is 8. The molecule has 0 unspecified atom stereocenters. The number of aromatic amines is 1. The van der Waals surface area contributed by atoms with Crippen LogP contribution in [0.25, 0.3) is 11.4 Å². The molecule has 3 aromatic rings. The molecule has 0 atom stereocenters. The number of hydrogen-bond acceptors (Lipinski definition) is 5. The molecule has 0 amide bonds. The topological polar surface area (TPSA) is 96.5 Å². The van der Waals surface area contributed by atoms with Crippen LogP contribution in [0.2, 0.25) is 0 Å². The standard InChI is InChI=1S/C20H24N6O2/c1-21-20(22-12-13-28-17-6-4-3-5-7-17)23-14-18-24-19(26-25-18)15-8-10-16(27-2)11-9-15/h3-11H,12-14H2,1-2H3,(H2,21,22,23)(H,24,25,26). The van der Waals surface area contributed by atoms with Gasteiger partial charge in [-0.3, -0.25) is 10.1 Å². The van der Waals surface area contributed by atoms with Crippen LogP contribution in [0.3, 0.4) is 0 Å². The van der Waals surface area contributed by atoms with Gasteiger partial charge in [0.25, 0.3) is 0 Å². The molecule has 28 heavy (non-hydrogen) atoms. The molecule has 2 aromatic carbocycles. The van der Waals surface area contributed by atoms with Crippen LogP contribution >= 0.6 is 0 Å². The average molecular weight is 380 g/mol. The number of aliphatic imine (C=N–C) groups is 1. The van der Waals surface area contributed by atoms with Crippen molar-refractivity contribution in [1.29, 1.82) is 0 Å². The van der Waals surface area contributed by atoms with Crippen LogP contribution < -0.4 is 20.1 Å². The zero-order chi connectivity index (χ0) is 19.6. The molecule has 8 heteroatoms. The summed E-state index contributed by atoms with van der Waals surface area (Å²) in [5, 5.41) is 13.6. The first-order valence-electron chi connectivity index (χ1n) is 8.96. The Morgan fingerprint density at radius 1 is 1.04 bits per heavy atom. The number of para-hydroxylation sites is 1. The number of guanidine groups is 1. The van der Waals surface area contributed by atoms with E-state index in [-0.39, 0.29) is 0 Å². The van der Waals surface area contributed by atoms with E-state index < -0.39 is 0 Å². The highest BCUT2D eigenvalue weighted by molar-refractivity contribution is 5.79. The first-order chi connectivity index (χ1) is 13.8. The Morgan fingerprint density at radius 2 is 1.82 bits per heavy atom. The van der Waals surface area contributed by atoms with Crippen molar-refractivity contribution < 1.29 is 9.47 Å². The second-order valence-corrected chi connectivity index (χ2v) is 5.85. The third kappa shape index (κ3) is 5.47. The summed E-state index contributed by atoms with van der Waals surface area (Å²) in [5.74, 6) is 3.67. The van der Waals surface area contributed by atoms with Crippen LogP contribution in [0, 0.1) is 0 Å². The Bertz CT molecular complexity index is 877. The highest BCUT2D eigenvalue weighted by Crippen LogP contribution is 2.18. The van der Waals surface area contributed by atoms with Crippen molar-refractivity contribution >= 4 is 5.96 Å². The molecular weight excluding hydrogens is 356 g/mol. The summed E-state index contributed by atoms with van der Waals surface area (Å²) in [7, 11) is 3.36. The van der Waals surface area contributed by atoms with Crippen molar-refractivity contribution in [1.82, 2.24) is 25.8 Å². The molecule has 0 spiro atoms. The largest absolute Gasteiger partial charge is 0.497 e. The molecule has 0 aliphatic heterocycles. The Hall–Kier alpha value is -3.55. The van der Waals surface area contributed by atoms with E-state index in [1.807, 2.05) is 54.6 Å². The van der Waals surface area contributed by atoms with Gasteiger partial charge in [-0.05, 0) is 36.4 Å². The lowest BCUT2D eigenvalue weighted by Crippen LogP contribution is -2.39. The molecule has 0 aliphatic rings. The van der Waals surface area contributed by atoms with Crippen LogP contribution in [0.4, 0.5) is 0 Å². The second kappa shape index (κ2) is 9.96. The fraction of sp³-hybridized carbons (Fsp3) is 0.250. The third-order valence-corrected chi connectivity index (χ3v) is 3.93. The van der Waals surface area contributed by atoms with Crippen molar-refractivity contribution in [2.45, 2.75) is 6.54 Å². The molecule has 0 bridgehead atoms. The van der Waals surface area contributed by atoms with Crippen molar-refractivity contribution in [3.63, 3.8) is 0 Å². The Labute approximate surface area is 164 Å². The van der Waals surface area contributed by atoms with Gasteiger partial charge in [0.1, 0.15) is 23.9 Å². The summed E-state index contributed by atoms with van der Waals surface area (Å²) < 4.78 is 10.8. The van der Waals surface area contributed by atoms with Gasteiger partial charge in [0.05, 0.1) is 20.2 Å². The lowest BCUT2D eigenvalue weighted by atomic mass is 10.2. The fourth-order valence-corrected chi connectivity index (χ4v) is 2.49. The van der Waals surface area contributed by atoms with Gasteiger partial charge in [-0.2, -0.15) is 5.10 Å². The smallest absolute Gasteiger partial charge is 0.191 e. The minimum Gasteiger partial charge on any atom is -0.497 e. The fourth-order valence-electron chi connectivity index (χ4n) is 2.49. The van der Waals surface area contributed by atoms with Crippen molar-refractivity contribution in [3.05, 3.63) is 60.4 Å². The van der Waals surface area contributed by atoms with Gasteiger partial charge in [-0.15, -0.1) is 0 Å². The highest BCUT2D eigenvalue weighted by Gasteiger charge is 2.07. The summed E-state index contributed by atoms with van der Waals surface area (Å²) in [4.78, 5) is 8.70. The van der Waals surface area contributed by atoms with Crippen molar-refractivity contribution in [3.8, 4) is 22.9 Å². The lowest BCUT2D eigenvalue weighted by molar-refractivity contribution is 0.322. The number of benzene rings is 2. The zero-order valence-corrected chi connectivity index (χ0v) is 16.0. The van der Waals surface area contributed by atoms with Crippen molar-refractivity contribution in [2.75, 3.05) is 27.3 Å². The highest BCUT2D eigenvalue weighted by atomic mass is 16.5. The minimum absolute atomic E-state index is 0.475. The first kappa shape index (κ1) is 19.2. The average Bonchev–Trinajstić information content (AvgIpc) is 3.23. The Morgan fingerprint density at radius 3 is 2.54 bits per heavy atom. The summed E-state index contributed by atoms with van der Waals surface area (Å²) in [5.41, 5.74) is 0.920. The van der Waals surface area contributed by atoms with Crippen LogP contribution in [-0.2, 0) is 6.54 Å². The molecule has 3 rings (SSSR count). The van der Waals surface area contributed by atoms with E-state index in [1.54, 1.807) is 14.2 Å². The molecule has 1 aromatic heterocycles. The SMILES string of the molecule is CN=C(NCCOc1ccccc1)NCc1nc(-c2ccc(OC)cc2)n[nH]1. The normalized spacial score (nSPS) is 11.1. The molecule has 3 N–H and O–H groups in total. The second-order valence-electron chi connectivity index (χ2n) is 5.85. The van der Waals surface area contributed by atoms with E-state index in [2.05, 4.69) is 30.8 Å². The van der Waals surface area contributed by atoms with Gasteiger partial charge in [-0.1, -0.05) is 18.2 Å². The number of hydrogen-bond donors (Lipinski definition) is 3. The number of aromatic nitrogens is 3. The summed E-state index contributed by atoms with van der Waals surface area (Å²) in [6, 6.07) is 17.3. The van der Waals surface area contributed by atoms with Gasteiger partial charge >= 0.3 is 0 Å². The van der Waals surface area contributed by atoms with Crippen LogP contribution in [0.15, 0.2) is 59.6 Å². The van der Waals surface area contributed by atoms with E-state index in [0.717, 1.165) is 17.1 Å². The number of nitrogens with zero attached hydrogens (tertiary/aromatic N) is 3. The maximum absolute atomic E-state index is 5.65. The maximum atomic E-state index is 5.65. The zero-order valence-electron chi connectivity index (χ0n) is 16.0. The summed E-state index contributed by atoms with van der Waals surface area (Å²) >= 11 is 0. The third-order valence-electron chi connectivity index (χ3n) is 3.93. The van der Waals surface area contributed by atoms with E-state index >= 15 is 0 Å². The predicted molar refractivity (Wildman–Crippen MR) is 109 cm³/mol. The molecular formula is C20H24N6O2. The molecule has 0 radical (unpaired) electrons. The molecule has 0 aliphatic carbocycles. The molecule has 1 heterocycles. The monoisotopic (exact) mass is 380 g/mol. The number of nitrogens with one attached hydrogen (secondary N) is 3. The van der Waals surface area contributed by atoms with Gasteiger partial charge < -0.3 is 20.1 Å². The predicted octanol–water partition coefficient (Wildman–Crippen LogP) is 2.22. The van der Waals surface area contributed by atoms with Gasteiger partial charge in [0, 0.05) is 12.6 Å². The van der Waals surface area contributed by atoms with Crippen LogP contribution in [0.1, 0.15) is 5.82 Å². The minimum atomic E-state index is 0.475. The number of methoxy groups -OCH3 is 1. The molecule has 0 saturated heterocycles. The quantitative estimate of drug-likeness (QED) is 0.315. The van der Waals surface area contributed by atoms with Crippen LogP contribution in [0.5, 0.6) is 11.5 Å². The molecule has 146 valence electrons. The maximum Gasteiger partial charge on any atom is 0.191 e. The van der Waals surface area contributed by atoms with E-state index in [1.165, 1.54) is 0 Å². The van der Waals surface area contributed by atoms with Gasteiger partial charge in [0.2, 0.25) is 0 Å². The van der Waals surface area contributed by atoms with E-state index in [9.17, 15) is 0 Å². The summed E-state index contributed by atoms with van der Waals surface area (Å²) in [6.07, 6.45) is 0. The van der Waals surface area contributed by atoms with Crippen LogP contribution in [-0.4, -0.2) is 48.5 Å². The van der Waals surface area contributed by atoms with E-state index in [0.29, 0.717) is 37.3 Å². The number of ether oxygens (including phenoxy) is 2.